The minimum Gasteiger partial charge on any atom is -0.496 e. The van der Waals surface area contributed by atoms with Gasteiger partial charge in [0.05, 0.1) is 7.11 Å². The van der Waals surface area contributed by atoms with Gasteiger partial charge >= 0.3 is 0 Å². The first-order valence-corrected chi connectivity index (χ1v) is 6.43. The SMILES string of the molecule is COc1ccccc1CNC(=O)c1cccc(CN)c1. The zero-order chi connectivity index (χ0) is 14.4. The number of ether oxygens (including phenoxy) is 1. The molecule has 0 saturated heterocycles. The molecule has 0 aromatic heterocycles. The minimum absolute atomic E-state index is 0.119. The lowest BCUT2D eigenvalue weighted by Gasteiger charge is -2.10. The third kappa shape index (κ3) is 3.36. The molecule has 0 aliphatic rings. The standard InChI is InChI=1S/C16H18N2O2/c1-20-15-8-3-2-6-14(15)11-18-16(19)13-7-4-5-12(9-13)10-17/h2-9H,10-11,17H2,1H3,(H,18,19). The minimum atomic E-state index is -0.119. The van der Waals surface area contributed by atoms with Crippen molar-refractivity contribution in [2.24, 2.45) is 5.73 Å². The fourth-order valence-electron chi connectivity index (χ4n) is 1.97. The Morgan fingerprint density at radius 1 is 1.20 bits per heavy atom. The molecule has 0 spiro atoms. The lowest BCUT2D eigenvalue weighted by Crippen LogP contribution is -2.23. The molecule has 20 heavy (non-hydrogen) atoms. The van der Waals surface area contributed by atoms with Crippen LogP contribution in [0.4, 0.5) is 0 Å². The summed E-state index contributed by atoms with van der Waals surface area (Å²) in [6, 6.07) is 14.9. The van der Waals surface area contributed by atoms with Crippen LogP contribution in [0.15, 0.2) is 48.5 Å². The molecule has 4 heteroatoms. The van der Waals surface area contributed by atoms with E-state index in [-0.39, 0.29) is 5.91 Å². The van der Waals surface area contributed by atoms with E-state index in [4.69, 9.17) is 10.5 Å². The highest BCUT2D eigenvalue weighted by Crippen LogP contribution is 2.16. The van der Waals surface area contributed by atoms with Crippen molar-refractivity contribution >= 4 is 5.91 Å². The van der Waals surface area contributed by atoms with E-state index in [0.29, 0.717) is 18.7 Å². The average Bonchev–Trinajstić information content (AvgIpc) is 2.52. The molecule has 3 N–H and O–H groups in total. The summed E-state index contributed by atoms with van der Waals surface area (Å²) >= 11 is 0. The molecular weight excluding hydrogens is 252 g/mol. The van der Waals surface area contributed by atoms with Gasteiger partial charge in [-0.15, -0.1) is 0 Å². The second-order valence-corrected chi connectivity index (χ2v) is 4.40. The van der Waals surface area contributed by atoms with Crippen molar-refractivity contribution < 1.29 is 9.53 Å². The molecule has 4 nitrogen and oxygen atoms in total. The number of methoxy groups -OCH3 is 1. The van der Waals surface area contributed by atoms with Gasteiger partial charge in [0.1, 0.15) is 5.75 Å². The molecule has 0 aliphatic heterocycles. The maximum absolute atomic E-state index is 12.1. The van der Waals surface area contributed by atoms with Crippen molar-refractivity contribution in [1.29, 1.82) is 0 Å². The van der Waals surface area contributed by atoms with E-state index >= 15 is 0 Å². The summed E-state index contributed by atoms with van der Waals surface area (Å²) in [7, 11) is 1.62. The van der Waals surface area contributed by atoms with Gasteiger partial charge in [0, 0.05) is 24.2 Å². The number of nitrogens with two attached hydrogens (primary N) is 1. The Morgan fingerprint density at radius 2 is 2.00 bits per heavy atom. The smallest absolute Gasteiger partial charge is 0.251 e. The van der Waals surface area contributed by atoms with Gasteiger partial charge in [-0.25, -0.2) is 0 Å². The maximum Gasteiger partial charge on any atom is 0.251 e. The zero-order valence-electron chi connectivity index (χ0n) is 11.4. The molecule has 0 bridgehead atoms. The first-order chi connectivity index (χ1) is 9.74. The molecule has 2 aromatic carbocycles. The Labute approximate surface area is 118 Å². The summed E-state index contributed by atoms with van der Waals surface area (Å²) in [5.74, 6) is 0.648. The number of nitrogens with one attached hydrogen (secondary N) is 1. The zero-order valence-corrected chi connectivity index (χ0v) is 11.4. The van der Waals surface area contributed by atoms with Gasteiger partial charge in [-0.05, 0) is 23.8 Å². The normalized spacial score (nSPS) is 10.1. The highest BCUT2D eigenvalue weighted by Gasteiger charge is 2.07. The van der Waals surface area contributed by atoms with E-state index in [1.807, 2.05) is 36.4 Å². The number of hydrogen-bond acceptors (Lipinski definition) is 3. The van der Waals surface area contributed by atoms with Crippen LogP contribution in [-0.2, 0) is 13.1 Å². The Kier molecular flexibility index (Phi) is 4.74. The number of carbonyl (C=O) groups is 1. The summed E-state index contributed by atoms with van der Waals surface area (Å²) in [4.78, 5) is 12.1. The van der Waals surface area contributed by atoms with Crippen LogP contribution in [0.1, 0.15) is 21.5 Å². The molecule has 104 valence electrons. The van der Waals surface area contributed by atoms with Gasteiger partial charge in [0.25, 0.3) is 5.91 Å². The van der Waals surface area contributed by atoms with Crippen LogP contribution in [0, 0.1) is 0 Å². The average molecular weight is 270 g/mol. The first kappa shape index (κ1) is 14.1. The second-order valence-electron chi connectivity index (χ2n) is 4.40. The Hall–Kier alpha value is -2.33. The lowest BCUT2D eigenvalue weighted by molar-refractivity contribution is 0.0950. The number of amides is 1. The van der Waals surface area contributed by atoms with Crippen molar-refractivity contribution in [2.45, 2.75) is 13.1 Å². The van der Waals surface area contributed by atoms with Crippen LogP contribution < -0.4 is 15.8 Å². The van der Waals surface area contributed by atoms with Crippen molar-refractivity contribution in [3.63, 3.8) is 0 Å². The highest BCUT2D eigenvalue weighted by atomic mass is 16.5. The molecule has 2 aromatic rings. The molecule has 1 amide bonds. The fraction of sp³-hybridized carbons (Fsp3) is 0.188. The van der Waals surface area contributed by atoms with E-state index in [0.717, 1.165) is 16.9 Å². The van der Waals surface area contributed by atoms with Crippen molar-refractivity contribution in [3.8, 4) is 5.75 Å². The molecule has 0 atom stereocenters. The summed E-state index contributed by atoms with van der Waals surface area (Å²) in [6.45, 7) is 0.851. The van der Waals surface area contributed by atoms with Crippen LogP contribution in [0.5, 0.6) is 5.75 Å². The number of benzene rings is 2. The van der Waals surface area contributed by atoms with Gasteiger partial charge in [0.2, 0.25) is 0 Å². The Bertz CT molecular complexity index is 597. The number of rotatable bonds is 5. The third-order valence-corrected chi connectivity index (χ3v) is 3.06. The molecular formula is C16H18N2O2. The largest absolute Gasteiger partial charge is 0.496 e. The molecule has 0 heterocycles. The maximum atomic E-state index is 12.1. The summed E-state index contributed by atoms with van der Waals surface area (Å²) < 4.78 is 5.25. The van der Waals surface area contributed by atoms with Crippen LogP contribution in [0.25, 0.3) is 0 Å². The van der Waals surface area contributed by atoms with Crippen LogP contribution in [0.2, 0.25) is 0 Å². The molecule has 0 saturated carbocycles. The lowest BCUT2D eigenvalue weighted by atomic mass is 10.1. The molecule has 0 fully saturated rings. The monoisotopic (exact) mass is 270 g/mol. The fourth-order valence-corrected chi connectivity index (χ4v) is 1.97. The molecule has 0 unspecified atom stereocenters. The Morgan fingerprint density at radius 3 is 2.75 bits per heavy atom. The summed E-state index contributed by atoms with van der Waals surface area (Å²) in [5, 5.41) is 2.88. The van der Waals surface area contributed by atoms with E-state index < -0.39 is 0 Å². The van der Waals surface area contributed by atoms with Crippen LogP contribution in [-0.4, -0.2) is 13.0 Å². The van der Waals surface area contributed by atoms with Crippen LogP contribution in [0.3, 0.4) is 0 Å². The molecule has 2 rings (SSSR count). The molecule has 0 radical (unpaired) electrons. The first-order valence-electron chi connectivity index (χ1n) is 6.43. The van der Waals surface area contributed by atoms with E-state index in [1.54, 1.807) is 19.2 Å². The van der Waals surface area contributed by atoms with E-state index in [2.05, 4.69) is 5.32 Å². The second kappa shape index (κ2) is 6.73. The highest BCUT2D eigenvalue weighted by molar-refractivity contribution is 5.94. The van der Waals surface area contributed by atoms with Gasteiger partial charge in [0.15, 0.2) is 0 Å². The van der Waals surface area contributed by atoms with Gasteiger partial charge in [-0.1, -0.05) is 30.3 Å². The number of para-hydroxylation sites is 1. The van der Waals surface area contributed by atoms with Gasteiger partial charge in [-0.3, -0.25) is 4.79 Å². The van der Waals surface area contributed by atoms with Crippen molar-refractivity contribution in [1.82, 2.24) is 5.32 Å². The van der Waals surface area contributed by atoms with E-state index in [1.165, 1.54) is 0 Å². The quantitative estimate of drug-likeness (QED) is 0.874. The van der Waals surface area contributed by atoms with Crippen molar-refractivity contribution in [2.75, 3.05) is 7.11 Å². The third-order valence-electron chi connectivity index (χ3n) is 3.06. The van der Waals surface area contributed by atoms with Crippen molar-refractivity contribution in [3.05, 3.63) is 65.2 Å². The summed E-state index contributed by atoms with van der Waals surface area (Å²) in [6.07, 6.45) is 0. The van der Waals surface area contributed by atoms with Crippen LogP contribution >= 0.6 is 0 Å². The number of hydrogen-bond donors (Lipinski definition) is 2. The van der Waals surface area contributed by atoms with Gasteiger partial charge in [-0.2, -0.15) is 0 Å². The Balaban J connectivity index is 2.04. The predicted octanol–water partition coefficient (Wildman–Crippen LogP) is 2.08. The van der Waals surface area contributed by atoms with Gasteiger partial charge < -0.3 is 15.8 Å². The van der Waals surface area contributed by atoms with E-state index in [9.17, 15) is 4.79 Å². The molecule has 0 aliphatic carbocycles. The predicted molar refractivity (Wildman–Crippen MR) is 78.5 cm³/mol. The number of carbonyl (C=O) groups excluding carboxylic acids is 1. The topological polar surface area (TPSA) is 64.3 Å². The summed E-state index contributed by atoms with van der Waals surface area (Å²) in [5.41, 5.74) is 8.07.